The molecule has 0 saturated heterocycles. The highest BCUT2D eigenvalue weighted by Crippen LogP contribution is 2.25. The summed E-state index contributed by atoms with van der Waals surface area (Å²) in [5, 5.41) is 4.81. The number of benzene rings is 2. The van der Waals surface area contributed by atoms with Crippen LogP contribution in [0, 0.1) is 0 Å². The molecule has 0 spiro atoms. The van der Waals surface area contributed by atoms with Crippen molar-refractivity contribution >= 4 is 28.9 Å². The van der Waals surface area contributed by atoms with Gasteiger partial charge >= 0.3 is 5.97 Å². The van der Waals surface area contributed by atoms with Crippen LogP contribution in [0.4, 0.5) is 5.69 Å². The maximum atomic E-state index is 13.0. The standard InChI is InChI=1S/C23H18N4O4S/c1-30-17-10-8-16(9-11-17)26-21(28)19(15-6-3-2-4-7-15)31-23(29)18-14-32-22(27-18)20-24-12-5-13-25-20/h2-14,19H,1H3,(H,26,28). The minimum absolute atomic E-state index is 0.0793. The van der Waals surface area contributed by atoms with Crippen molar-refractivity contribution in [3.8, 4) is 16.6 Å². The lowest BCUT2D eigenvalue weighted by molar-refractivity contribution is -0.125. The van der Waals surface area contributed by atoms with E-state index in [9.17, 15) is 9.59 Å². The van der Waals surface area contributed by atoms with Crippen molar-refractivity contribution in [1.82, 2.24) is 15.0 Å². The van der Waals surface area contributed by atoms with E-state index in [1.54, 1.807) is 79.5 Å². The Labute approximate surface area is 187 Å². The molecule has 2 aromatic heterocycles. The van der Waals surface area contributed by atoms with Gasteiger partial charge in [-0.25, -0.2) is 19.7 Å². The van der Waals surface area contributed by atoms with Crippen LogP contribution in [0.1, 0.15) is 22.2 Å². The van der Waals surface area contributed by atoms with Crippen molar-refractivity contribution in [2.24, 2.45) is 0 Å². The highest BCUT2D eigenvalue weighted by molar-refractivity contribution is 7.13. The van der Waals surface area contributed by atoms with Gasteiger partial charge in [0.25, 0.3) is 5.91 Å². The summed E-state index contributed by atoms with van der Waals surface area (Å²) in [6.07, 6.45) is 2.02. The number of rotatable bonds is 7. The number of nitrogens with zero attached hydrogens (tertiary/aromatic N) is 3. The second kappa shape index (κ2) is 9.80. The molecule has 0 aliphatic rings. The molecule has 32 heavy (non-hydrogen) atoms. The molecule has 8 nitrogen and oxygen atoms in total. The first-order valence-electron chi connectivity index (χ1n) is 9.58. The lowest BCUT2D eigenvalue weighted by Gasteiger charge is -2.17. The molecule has 2 aromatic carbocycles. The van der Waals surface area contributed by atoms with Crippen molar-refractivity contribution in [2.75, 3.05) is 12.4 Å². The van der Waals surface area contributed by atoms with Gasteiger partial charge in [-0.2, -0.15) is 0 Å². The normalized spacial score (nSPS) is 11.4. The van der Waals surface area contributed by atoms with Gasteiger partial charge in [0.15, 0.2) is 16.5 Å². The van der Waals surface area contributed by atoms with Crippen molar-refractivity contribution in [1.29, 1.82) is 0 Å². The highest BCUT2D eigenvalue weighted by atomic mass is 32.1. The van der Waals surface area contributed by atoms with E-state index >= 15 is 0 Å². The first-order valence-corrected chi connectivity index (χ1v) is 10.5. The molecule has 1 amide bonds. The third-order valence-corrected chi connectivity index (χ3v) is 5.23. The van der Waals surface area contributed by atoms with E-state index in [-0.39, 0.29) is 5.69 Å². The molecule has 4 aromatic rings. The average Bonchev–Trinajstić information content (AvgIpc) is 3.34. The zero-order valence-electron chi connectivity index (χ0n) is 17.0. The quantitative estimate of drug-likeness (QED) is 0.426. The molecule has 0 radical (unpaired) electrons. The second-order valence-electron chi connectivity index (χ2n) is 6.52. The molecule has 0 aliphatic heterocycles. The third-order valence-electron chi connectivity index (χ3n) is 4.39. The highest BCUT2D eigenvalue weighted by Gasteiger charge is 2.27. The predicted molar refractivity (Wildman–Crippen MR) is 119 cm³/mol. The molecule has 4 rings (SSSR count). The number of carbonyl (C=O) groups excluding carboxylic acids is 2. The van der Waals surface area contributed by atoms with Crippen LogP contribution in [-0.2, 0) is 9.53 Å². The topological polar surface area (TPSA) is 103 Å². The Bertz CT molecular complexity index is 1200. The number of ether oxygens (including phenoxy) is 2. The van der Waals surface area contributed by atoms with E-state index in [1.165, 1.54) is 11.3 Å². The minimum atomic E-state index is -1.16. The van der Waals surface area contributed by atoms with E-state index < -0.39 is 18.0 Å². The van der Waals surface area contributed by atoms with E-state index in [0.29, 0.717) is 27.8 Å². The summed E-state index contributed by atoms with van der Waals surface area (Å²) >= 11 is 1.22. The molecule has 1 N–H and O–H groups in total. The van der Waals surface area contributed by atoms with Gasteiger partial charge < -0.3 is 14.8 Å². The molecule has 1 atom stereocenters. The molecule has 0 fully saturated rings. The number of hydrogen-bond donors (Lipinski definition) is 1. The maximum absolute atomic E-state index is 13.0. The molecular formula is C23H18N4O4S. The van der Waals surface area contributed by atoms with Crippen molar-refractivity contribution in [3.63, 3.8) is 0 Å². The molecular weight excluding hydrogens is 428 g/mol. The summed E-state index contributed by atoms with van der Waals surface area (Å²) in [4.78, 5) is 38.3. The summed E-state index contributed by atoms with van der Waals surface area (Å²) < 4.78 is 10.7. The summed E-state index contributed by atoms with van der Waals surface area (Å²) in [6.45, 7) is 0. The summed E-state index contributed by atoms with van der Waals surface area (Å²) in [5.74, 6) is -0.136. The van der Waals surface area contributed by atoms with Crippen LogP contribution in [0.3, 0.4) is 0 Å². The Hall–Kier alpha value is -4.11. The SMILES string of the molecule is COc1ccc(NC(=O)C(OC(=O)c2csc(-c3ncccn3)n2)c2ccccc2)cc1. The zero-order chi connectivity index (χ0) is 22.3. The first kappa shape index (κ1) is 21.1. The Morgan fingerprint density at radius 2 is 1.69 bits per heavy atom. The van der Waals surface area contributed by atoms with Gasteiger partial charge in [0, 0.05) is 29.0 Å². The number of aromatic nitrogens is 3. The average molecular weight is 446 g/mol. The molecule has 1 unspecified atom stereocenters. The van der Waals surface area contributed by atoms with Crippen LogP contribution < -0.4 is 10.1 Å². The van der Waals surface area contributed by atoms with Gasteiger partial charge in [-0.15, -0.1) is 11.3 Å². The van der Waals surface area contributed by atoms with Gasteiger partial charge in [0.05, 0.1) is 7.11 Å². The monoisotopic (exact) mass is 446 g/mol. The molecule has 0 bridgehead atoms. The molecule has 2 heterocycles. The summed E-state index contributed by atoms with van der Waals surface area (Å²) in [6, 6.07) is 17.3. The second-order valence-corrected chi connectivity index (χ2v) is 7.38. The van der Waals surface area contributed by atoms with Gasteiger partial charge in [-0.3, -0.25) is 4.79 Å². The van der Waals surface area contributed by atoms with Crippen LogP contribution in [0.15, 0.2) is 78.4 Å². The van der Waals surface area contributed by atoms with Crippen molar-refractivity contribution < 1.29 is 19.1 Å². The number of anilines is 1. The number of methoxy groups -OCH3 is 1. The third kappa shape index (κ3) is 4.96. The Morgan fingerprint density at radius 3 is 2.38 bits per heavy atom. The van der Waals surface area contributed by atoms with E-state index in [1.807, 2.05) is 6.07 Å². The fourth-order valence-corrected chi connectivity index (χ4v) is 3.56. The fraction of sp³-hybridized carbons (Fsp3) is 0.0870. The minimum Gasteiger partial charge on any atom is -0.497 e. The van der Waals surface area contributed by atoms with Crippen LogP contribution in [-0.4, -0.2) is 33.9 Å². The Kier molecular flexibility index (Phi) is 6.47. The number of nitrogens with one attached hydrogen (secondary N) is 1. The van der Waals surface area contributed by atoms with Gasteiger partial charge in [-0.1, -0.05) is 30.3 Å². The zero-order valence-corrected chi connectivity index (χ0v) is 17.8. The molecule has 0 saturated carbocycles. The number of esters is 1. The van der Waals surface area contributed by atoms with Gasteiger partial charge in [0.1, 0.15) is 5.75 Å². The maximum Gasteiger partial charge on any atom is 0.358 e. The Morgan fingerprint density at radius 1 is 0.969 bits per heavy atom. The summed E-state index contributed by atoms with van der Waals surface area (Å²) in [7, 11) is 1.56. The fourth-order valence-electron chi connectivity index (χ4n) is 2.83. The van der Waals surface area contributed by atoms with E-state index in [0.717, 1.165) is 0 Å². The van der Waals surface area contributed by atoms with E-state index in [2.05, 4.69) is 20.3 Å². The number of amides is 1. The van der Waals surface area contributed by atoms with Gasteiger partial charge in [0.2, 0.25) is 6.10 Å². The molecule has 0 aliphatic carbocycles. The summed E-state index contributed by atoms with van der Waals surface area (Å²) in [5.41, 5.74) is 1.16. The number of hydrogen-bond acceptors (Lipinski definition) is 8. The van der Waals surface area contributed by atoms with E-state index in [4.69, 9.17) is 9.47 Å². The lowest BCUT2D eigenvalue weighted by atomic mass is 10.1. The Balaban J connectivity index is 1.53. The van der Waals surface area contributed by atoms with Crippen LogP contribution in [0.2, 0.25) is 0 Å². The number of carbonyl (C=O) groups is 2. The van der Waals surface area contributed by atoms with Crippen molar-refractivity contribution in [3.05, 3.63) is 89.7 Å². The largest absolute Gasteiger partial charge is 0.497 e. The molecule has 9 heteroatoms. The molecule has 160 valence electrons. The number of thiazole rings is 1. The van der Waals surface area contributed by atoms with Crippen LogP contribution >= 0.6 is 11.3 Å². The smallest absolute Gasteiger partial charge is 0.358 e. The van der Waals surface area contributed by atoms with Crippen LogP contribution in [0.25, 0.3) is 10.8 Å². The van der Waals surface area contributed by atoms with Crippen molar-refractivity contribution in [2.45, 2.75) is 6.10 Å². The lowest BCUT2D eigenvalue weighted by Crippen LogP contribution is -2.26. The first-order chi connectivity index (χ1) is 15.6. The van der Waals surface area contributed by atoms with Gasteiger partial charge in [-0.05, 0) is 30.3 Å². The predicted octanol–water partition coefficient (Wildman–Crippen LogP) is 4.15. The van der Waals surface area contributed by atoms with Crippen LogP contribution in [0.5, 0.6) is 5.75 Å².